The van der Waals surface area contributed by atoms with Gasteiger partial charge in [-0.2, -0.15) is 0 Å². The molecule has 52 valence electrons. The first-order chi connectivity index (χ1) is 4.47. The molecule has 0 atom stereocenters. The molecular formula is C7H7BrN2. The average Bonchev–Trinajstić information content (AvgIpc) is 2.33. The molecule has 0 spiro atoms. The second-order valence-electron chi connectivity index (χ2n) is 1.92. The van der Waals surface area contributed by atoms with Crippen molar-refractivity contribution in [2.75, 3.05) is 0 Å². The first-order valence-corrected chi connectivity index (χ1v) is 2.83. The third-order valence-electron chi connectivity index (χ3n) is 1.33. The molecule has 0 amide bonds. The van der Waals surface area contributed by atoms with E-state index in [2.05, 4.69) is 4.98 Å². The van der Waals surface area contributed by atoms with Gasteiger partial charge in [-0.05, 0) is 12.1 Å². The number of hydrogen-bond acceptors (Lipinski definition) is 1. The molecule has 2 nitrogen and oxygen atoms in total. The summed E-state index contributed by atoms with van der Waals surface area (Å²) in [7, 11) is 0. The van der Waals surface area contributed by atoms with Crippen LogP contribution in [-0.4, -0.2) is 9.38 Å². The van der Waals surface area contributed by atoms with Crippen molar-refractivity contribution >= 4 is 22.5 Å². The van der Waals surface area contributed by atoms with Crippen LogP contribution in [-0.2, 0) is 0 Å². The summed E-state index contributed by atoms with van der Waals surface area (Å²) in [5.74, 6) is 0. The number of hydrogen-bond donors (Lipinski definition) is 0. The zero-order valence-electron chi connectivity index (χ0n) is 5.27. The molecule has 0 bridgehead atoms. The maximum Gasteiger partial charge on any atom is 0.0634 e. The van der Waals surface area contributed by atoms with Crippen LogP contribution in [0.25, 0.3) is 5.52 Å². The summed E-state index contributed by atoms with van der Waals surface area (Å²) in [6.07, 6.45) is 7.53. The van der Waals surface area contributed by atoms with Crippen LogP contribution in [0.3, 0.4) is 0 Å². The van der Waals surface area contributed by atoms with Gasteiger partial charge in [0.15, 0.2) is 0 Å². The van der Waals surface area contributed by atoms with E-state index in [9.17, 15) is 0 Å². The third-order valence-corrected chi connectivity index (χ3v) is 1.33. The number of rotatable bonds is 0. The van der Waals surface area contributed by atoms with Gasteiger partial charge in [0.25, 0.3) is 0 Å². The minimum atomic E-state index is 0. The quantitative estimate of drug-likeness (QED) is 0.633. The van der Waals surface area contributed by atoms with Crippen molar-refractivity contribution in [2.24, 2.45) is 0 Å². The highest BCUT2D eigenvalue weighted by Crippen LogP contribution is 1.98. The molecule has 3 heteroatoms. The fourth-order valence-corrected chi connectivity index (χ4v) is 0.882. The van der Waals surface area contributed by atoms with Crippen LogP contribution in [0.4, 0.5) is 0 Å². The lowest BCUT2D eigenvalue weighted by Gasteiger charge is -1.87. The van der Waals surface area contributed by atoms with Crippen molar-refractivity contribution < 1.29 is 0 Å². The molecule has 0 radical (unpaired) electrons. The van der Waals surface area contributed by atoms with Crippen LogP contribution in [0.5, 0.6) is 0 Å². The molecule has 0 fully saturated rings. The average molecular weight is 199 g/mol. The smallest absolute Gasteiger partial charge is 0.0634 e. The van der Waals surface area contributed by atoms with Gasteiger partial charge in [-0.15, -0.1) is 17.0 Å². The van der Waals surface area contributed by atoms with Crippen LogP contribution >= 0.6 is 17.0 Å². The lowest BCUT2D eigenvalue weighted by molar-refractivity contribution is 1.14. The minimum absolute atomic E-state index is 0. The number of nitrogens with zero attached hydrogens (tertiary/aromatic N) is 2. The van der Waals surface area contributed by atoms with Crippen molar-refractivity contribution in [1.82, 2.24) is 9.38 Å². The Morgan fingerprint density at radius 1 is 1.30 bits per heavy atom. The number of halogens is 1. The maximum atomic E-state index is 3.96. The van der Waals surface area contributed by atoms with Crippen molar-refractivity contribution in [1.29, 1.82) is 0 Å². The Labute approximate surface area is 69.3 Å². The standard InChI is InChI=1S/C7H6N2.BrH/c1-2-7-6-8-3-5-9(7)4-1;/h1-6H;1H. The minimum Gasteiger partial charge on any atom is -0.321 e. The predicted octanol–water partition coefficient (Wildman–Crippen LogP) is 1.91. The van der Waals surface area contributed by atoms with E-state index in [1.165, 1.54) is 0 Å². The lowest BCUT2D eigenvalue weighted by atomic mass is 10.5. The Kier molecular flexibility index (Phi) is 2.06. The highest BCUT2D eigenvalue weighted by Gasteiger charge is 1.84. The van der Waals surface area contributed by atoms with Gasteiger partial charge in [0.2, 0.25) is 0 Å². The second-order valence-corrected chi connectivity index (χ2v) is 1.92. The second kappa shape index (κ2) is 2.84. The molecule has 2 aromatic rings. The largest absolute Gasteiger partial charge is 0.321 e. The Balaban J connectivity index is 0.000000500. The van der Waals surface area contributed by atoms with E-state index in [0.29, 0.717) is 0 Å². The molecule has 0 saturated carbocycles. The van der Waals surface area contributed by atoms with E-state index in [1.807, 2.05) is 35.1 Å². The molecule has 0 N–H and O–H groups in total. The van der Waals surface area contributed by atoms with Gasteiger partial charge in [-0.25, -0.2) is 0 Å². The Morgan fingerprint density at radius 2 is 2.20 bits per heavy atom. The summed E-state index contributed by atoms with van der Waals surface area (Å²) in [5.41, 5.74) is 1.14. The lowest BCUT2D eigenvalue weighted by Crippen LogP contribution is -1.79. The van der Waals surface area contributed by atoms with E-state index in [0.717, 1.165) is 5.52 Å². The summed E-state index contributed by atoms with van der Waals surface area (Å²) in [4.78, 5) is 3.96. The van der Waals surface area contributed by atoms with Gasteiger partial charge in [0.05, 0.1) is 11.7 Å². The van der Waals surface area contributed by atoms with E-state index < -0.39 is 0 Å². The van der Waals surface area contributed by atoms with E-state index in [4.69, 9.17) is 0 Å². The van der Waals surface area contributed by atoms with Gasteiger partial charge < -0.3 is 4.40 Å². The fraction of sp³-hybridized carbons (Fsp3) is 0. The summed E-state index contributed by atoms with van der Waals surface area (Å²) in [6, 6.07) is 4.02. The SMILES string of the molecule is Br.c1cc2cnccn2c1. The fourth-order valence-electron chi connectivity index (χ4n) is 0.882. The van der Waals surface area contributed by atoms with E-state index in [1.54, 1.807) is 6.20 Å². The molecule has 2 rings (SSSR count). The molecule has 0 unspecified atom stereocenters. The van der Waals surface area contributed by atoms with Crippen molar-refractivity contribution in [3.63, 3.8) is 0 Å². The van der Waals surface area contributed by atoms with Gasteiger partial charge in [0.1, 0.15) is 0 Å². The first kappa shape index (κ1) is 7.28. The van der Waals surface area contributed by atoms with E-state index >= 15 is 0 Å². The molecule has 2 heterocycles. The molecular weight excluding hydrogens is 192 g/mol. The molecule has 0 aliphatic rings. The number of fused-ring (bicyclic) bond motifs is 1. The van der Waals surface area contributed by atoms with Crippen molar-refractivity contribution in [3.05, 3.63) is 36.9 Å². The third kappa shape index (κ3) is 1.04. The zero-order valence-corrected chi connectivity index (χ0v) is 6.98. The number of aromatic nitrogens is 2. The van der Waals surface area contributed by atoms with Gasteiger partial charge in [0, 0.05) is 18.6 Å². The summed E-state index contributed by atoms with van der Waals surface area (Å²) in [6.45, 7) is 0. The van der Waals surface area contributed by atoms with Gasteiger partial charge >= 0.3 is 0 Å². The summed E-state index contributed by atoms with van der Waals surface area (Å²) in [5, 5.41) is 0. The van der Waals surface area contributed by atoms with Gasteiger partial charge in [-0.3, -0.25) is 4.98 Å². The maximum absolute atomic E-state index is 3.96. The topological polar surface area (TPSA) is 17.3 Å². The molecule has 10 heavy (non-hydrogen) atoms. The Bertz CT molecular complexity index is 286. The van der Waals surface area contributed by atoms with Crippen LogP contribution in [0.1, 0.15) is 0 Å². The van der Waals surface area contributed by atoms with Gasteiger partial charge in [-0.1, -0.05) is 0 Å². The molecule has 0 saturated heterocycles. The van der Waals surface area contributed by atoms with Crippen molar-refractivity contribution in [2.45, 2.75) is 0 Å². The van der Waals surface area contributed by atoms with Crippen molar-refractivity contribution in [3.8, 4) is 0 Å². The predicted molar refractivity (Wildman–Crippen MR) is 45.5 cm³/mol. The summed E-state index contributed by atoms with van der Waals surface area (Å²) >= 11 is 0. The Hall–Kier alpha value is -0.830. The monoisotopic (exact) mass is 198 g/mol. The molecule has 0 aliphatic carbocycles. The highest BCUT2D eigenvalue weighted by atomic mass is 79.9. The van der Waals surface area contributed by atoms with Crippen LogP contribution < -0.4 is 0 Å². The normalized spacial score (nSPS) is 9.20. The molecule has 2 aromatic heterocycles. The van der Waals surface area contributed by atoms with Crippen LogP contribution in [0.2, 0.25) is 0 Å². The first-order valence-electron chi connectivity index (χ1n) is 2.83. The van der Waals surface area contributed by atoms with Crippen LogP contribution in [0, 0.1) is 0 Å². The van der Waals surface area contributed by atoms with E-state index in [-0.39, 0.29) is 17.0 Å². The van der Waals surface area contributed by atoms with Crippen LogP contribution in [0.15, 0.2) is 36.9 Å². The Morgan fingerprint density at radius 3 is 3.00 bits per heavy atom. The highest BCUT2D eigenvalue weighted by molar-refractivity contribution is 8.93. The molecule has 0 aromatic carbocycles. The molecule has 0 aliphatic heterocycles. The summed E-state index contributed by atoms with van der Waals surface area (Å²) < 4.78 is 2.02. The zero-order chi connectivity index (χ0) is 6.10.